The number of aliphatic carboxylic acids is 1. The molecule has 232 valence electrons. The zero-order valence-electron chi connectivity index (χ0n) is 24.1. The largest absolute Gasteiger partial charge is 0.508 e. The molecule has 0 aliphatic carbocycles. The first-order chi connectivity index (χ1) is 22.3. The average molecular weight is 704 g/mol. The summed E-state index contributed by atoms with van der Waals surface area (Å²) < 4.78 is 31.6. The summed E-state index contributed by atoms with van der Waals surface area (Å²) in [6, 6.07) is 19.5. The second kappa shape index (κ2) is 13.5. The lowest BCUT2D eigenvalue weighted by Crippen LogP contribution is -2.30. The van der Waals surface area contributed by atoms with Crippen molar-refractivity contribution >= 4 is 43.5 Å². The summed E-state index contributed by atoms with van der Waals surface area (Å²) in [6.07, 6.45) is 1.34. The number of para-hydroxylation sites is 1. The van der Waals surface area contributed by atoms with Gasteiger partial charge in [0.1, 0.15) is 40.8 Å². The van der Waals surface area contributed by atoms with Gasteiger partial charge < -0.3 is 24.4 Å². The number of hydrogen-bond donors (Lipinski definition) is 2. The quantitative estimate of drug-likeness (QED) is 0.144. The third-order valence-electron chi connectivity index (χ3n) is 6.92. The van der Waals surface area contributed by atoms with E-state index < -0.39 is 12.1 Å². The topological polar surface area (TPSA) is 137 Å². The molecular weight excluding hydrogens is 679 g/mol. The molecule has 2 N–H and O–H groups in total. The molecule has 6 aromatic rings. The number of methoxy groups -OCH3 is 1. The fourth-order valence-electron chi connectivity index (χ4n) is 4.72. The fourth-order valence-corrected chi connectivity index (χ4v) is 6.71. The van der Waals surface area contributed by atoms with Crippen LogP contribution >= 0.6 is 27.3 Å². The number of thiophene rings is 1. The van der Waals surface area contributed by atoms with Crippen LogP contribution in [-0.2, 0) is 17.8 Å². The molecule has 6 rings (SSSR count). The predicted octanol–water partition coefficient (Wildman–Crippen LogP) is 7.08. The summed E-state index contributed by atoms with van der Waals surface area (Å²) in [7, 11) is 1.57. The molecule has 1 unspecified atom stereocenters. The summed E-state index contributed by atoms with van der Waals surface area (Å²) in [5, 5.41) is 20.9. The van der Waals surface area contributed by atoms with E-state index >= 15 is 0 Å². The van der Waals surface area contributed by atoms with E-state index in [-0.39, 0.29) is 30.5 Å². The highest BCUT2D eigenvalue weighted by Gasteiger charge is 2.26. The summed E-state index contributed by atoms with van der Waals surface area (Å²) in [4.78, 5) is 31.3. The maximum absolute atomic E-state index is 13.5. The highest BCUT2D eigenvalue weighted by Crippen LogP contribution is 2.44. The number of aromatic nitrogens is 4. The Kier molecular flexibility index (Phi) is 9.04. The third-order valence-corrected chi connectivity index (χ3v) is 9.12. The molecule has 3 heterocycles. The molecule has 0 spiro atoms. The monoisotopic (exact) mass is 702 g/mol. The molecule has 1 atom stereocenters. The Labute approximate surface area is 274 Å². The van der Waals surface area contributed by atoms with Crippen LogP contribution in [0.25, 0.3) is 32.0 Å². The Morgan fingerprint density at radius 3 is 2.61 bits per heavy atom. The van der Waals surface area contributed by atoms with E-state index in [0.717, 1.165) is 16.0 Å². The highest BCUT2D eigenvalue weighted by molar-refractivity contribution is 9.10. The number of carboxylic acid groups (broad SMARTS) is 1. The maximum Gasteiger partial charge on any atom is 0.345 e. The summed E-state index contributed by atoms with van der Waals surface area (Å²) in [5.74, 6) is -0.191. The average Bonchev–Trinajstić information content (AvgIpc) is 3.41. The molecule has 0 bridgehead atoms. The standard InChI is InChI=1S/C33H24BrFN4O6S/c1-43-25-5-3-2-4-23(25)30-36-13-12-21(39-30)16-44-24-11-10-22(40)14-19(24)15-26(33(41)42)45-31-27-28(34)29(46-32(27)38-17-37-31)18-6-8-20(35)9-7-18/h2-14,17,26,40H,15-16H2,1H3,(H,41,42). The van der Waals surface area contributed by atoms with Gasteiger partial charge in [0.15, 0.2) is 5.82 Å². The molecule has 0 fully saturated rings. The second-order valence-corrected chi connectivity index (χ2v) is 11.7. The number of halogens is 2. The van der Waals surface area contributed by atoms with Crippen molar-refractivity contribution in [1.82, 2.24) is 19.9 Å². The second-order valence-electron chi connectivity index (χ2n) is 9.91. The van der Waals surface area contributed by atoms with E-state index in [9.17, 15) is 19.4 Å². The number of benzene rings is 3. The Morgan fingerprint density at radius 1 is 1.02 bits per heavy atom. The maximum atomic E-state index is 13.5. The number of carboxylic acids is 1. The van der Waals surface area contributed by atoms with Crippen LogP contribution in [0.1, 0.15) is 11.3 Å². The lowest BCUT2D eigenvalue weighted by Gasteiger charge is -2.18. The van der Waals surface area contributed by atoms with E-state index in [1.54, 1.807) is 37.6 Å². The number of carbonyl (C=O) groups is 1. The summed E-state index contributed by atoms with van der Waals surface area (Å²) >= 11 is 4.91. The van der Waals surface area contributed by atoms with Crippen LogP contribution in [0.5, 0.6) is 23.1 Å². The minimum Gasteiger partial charge on any atom is -0.508 e. The van der Waals surface area contributed by atoms with Gasteiger partial charge in [-0.05, 0) is 70.0 Å². The molecule has 46 heavy (non-hydrogen) atoms. The molecule has 0 aliphatic rings. The van der Waals surface area contributed by atoms with Crippen LogP contribution in [0.15, 0.2) is 89.8 Å². The van der Waals surface area contributed by atoms with E-state index in [0.29, 0.717) is 43.3 Å². The van der Waals surface area contributed by atoms with Gasteiger partial charge in [-0.25, -0.2) is 29.1 Å². The number of nitrogens with zero attached hydrogens (tertiary/aromatic N) is 4. The lowest BCUT2D eigenvalue weighted by atomic mass is 10.1. The molecule has 0 radical (unpaired) electrons. The number of ether oxygens (including phenoxy) is 3. The first-order valence-electron chi connectivity index (χ1n) is 13.8. The van der Waals surface area contributed by atoms with Gasteiger partial charge in [0.05, 0.1) is 33.1 Å². The Morgan fingerprint density at radius 2 is 1.83 bits per heavy atom. The molecule has 10 nitrogen and oxygen atoms in total. The van der Waals surface area contributed by atoms with Crippen molar-refractivity contribution in [1.29, 1.82) is 0 Å². The number of phenols is 1. The molecule has 13 heteroatoms. The Hall–Kier alpha value is -5.14. The number of fused-ring (bicyclic) bond motifs is 1. The summed E-state index contributed by atoms with van der Waals surface area (Å²) in [6.45, 7) is 0.0432. The zero-order chi connectivity index (χ0) is 32.2. The Bertz CT molecular complexity index is 2040. The zero-order valence-corrected chi connectivity index (χ0v) is 26.5. The van der Waals surface area contributed by atoms with E-state index in [2.05, 4.69) is 35.9 Å². The molecule has 3 aromatic heterocycles. The molecular formula is C33H24BrFN4O6S. The van der Waals surface area contributed by atoms with E-state index in [1.165, 1.54) is 41.9 Å². The normalized spacial score (nSPS) is 11.7. The lowest BCUT2D eigenvalue weighted by molar-refractivity contribution is -0.145. The van der Waals surface area contributed by atoms with Gasteiger partial charge in [0.25, 0.3) is 0 Å². The summed E-state index contributed by atoms with van der Waals surface area (Å²) in [5.41, 5.74) is 2.44. The van der Waals surface area contributed by atoms with Crippen molar-refractivity contribution in [2.24, 2.45) is 0 Å². The van der Waals surface area contributed by atoms with Gasteiger partial charge in [-0.3, -0.25) is 0 Å². The van der Waals surface area contributed by atoms with Crippen molar-refractivity contribution in [3.05, 3.63) is 107 Å². The van der Waals surface area contributed by atoms with Crippen LogP contribution in [0.3, 0.4) is 0 Å². The molecule has 0 amide bonds. The van der Waals surface area contributed by atoms with Crippen LogP contribution in [0, 0.1) is 5.82 Å². The Balaban J connectivity index is 1.25. The number of aromatic hydroxyl groups is 1. The van der Waals surface area contributed by atoms with E-state index in [1.807, 2.05) is 24.3 Å². The first kappa shape index (κ1) is 30.9. The molecule has 3 aromatic carbocycles. The van der Waals surface area contributed by atoms with Crippen LogP contribution in [0.2, 0.25) is 0 Å². The SMILES string of the molecule is COc1ccccc1-c1nccc(COc2ccc(O)cc2CC(Oc2ncnc3sc(-c4ccc(F)cc4)c(Br)c23)C(=O)O)n1. The van der Waals surface area contributed by atoms with Gasteiger partial charge in [0.2, 0.25) is 12.0 Å². The van der Waals surface area contributed by atoms with Gasteiger partial charge in [-0.2, -0.15) is 0 Å². The molecule has 0 saturated heterocycles. The number of rotatable bonds is 11. The van der Waals surface area contributed by atoms with Crippen molar-refractivity contribution in [2.75, 3.05) is 7.11 Å². The minimum atomic E-state index is -1.40. The number of hydrogen-bond acceptors (Lipinski definition) is 10. The highest BCUT2D eigenvalue weighted by atomic mass is 79.9. The van der Waals surface area contributed by atoms with Crippen molar-refractivity contribution in [2.45, 2.75) is 19.1 Å². The smallest absolute Gasteiger partial charge is 0.345 e. The van der Waals surface area contributed by atoms with Crippen molar-refractivity contribution in [3.63, 3.8) is 0 Å². The van der Waals surface area contributed by atoms with Crippen LogP contribution in [0.4, 0.5) is 4.39 Å². The predicted molar refractivity (Wildman–Crippen MR) is 173 cm³/mol. The van der Waals surface area contributed by atoms with Crippen molar-refractivity contribution < 1.29 is 33.6 Å². The van der Waals surface area contributed by atoms with Crippen LogP contribution < -0.4 is 14.2 Å². The van der Waals surface area contributed by atoms with Gasteiger partial charge >= 0.3 is 5.97 Å². The van der Waals surface area contributed by atoms with Gasteiger partial charge in [-0.1, -0.05) is 24.3 Å². The molecule has 0 aliphatic heterocycles. The number of phenolic OH excluding ortho intramolecular Hbond substituents is 1. The fraction of sp³-hybridized carbons (Fsp3) is 0.121. The first-order valence-corrected chi connectivity index (χ1v) is 15.4. The third kappa shape index (κ3) is 6.60. The van der Waals surface area contributed by atoms with Gasteiger partial charge in [-0.15, -0.1) is 11.3 Å². The van der Waals surface area contributed by atoms with Gasteiger partial charge in [0, 0.05) is 18.2 Å². The van der Waals surface area contributed by atoms with E-state index in [4.69, 9.17) is 14.2 Å². The van der Waals surface area contributed by atoms with Crippen molar-refractivity contribution in [3.8, 4) is 45.0 Å². The minimum absolute atomic E-state index is 0.0432. The molecule has 0 saturated carbocycles. The van der Waals surface area contributed by atoms with Crippen LogP contribution in [-0.4, -0.2) is 49.3 Å².